The molecule has 4 rings (SSSR count). The van der Waals surface area contributed by atoms with Crippen LogP contribution in [0, 0.1) is 11.7 Å². The lowest BCUT2D eigenvalue weighted by molar-refractivity contribution is -0.133. The molecule has 0 bridgehead atoms. The quantitative estimate of drug-likeness (QED) is 0.545. The Kier molecular flexibility index (Phi) is 6.85. The van der Waals surface area contributed by atoms with E-state index in [1.54, 1.807) is 17.6 Å². The number of sulfonamides is 1. The Morgan fingerprint density at radius 3 is 2.64 bits per heavy atom. The van der Waals surface area contributed by atoms with E-state index < -0.39 is 33.1 Å². The molecule has 1 aromatic heterocycles. The van der Waals surface area contributed by atoms with E-state index in [0.29, 0.717) is 42.2 Å². The summed E-state index contributed by atoms with van der Waals surface area (Å²) in [7, 11) is -2.02. The molecule has 3 N–H and O–H groups in total. The number of amidine groups is 1. The minimum atomic E-state index is -3.41. The van der Waals surface area contributed by atoms with E-state index >= 15 is 0 Å². The predicted molar refractivity (Wildman–Crippen MR) is 124 cm³/mol. The van der Waals surface area contributed by atoms with E-state index in [4.69, 9.17) is 11.6 Å². The van der Waals surface area contributed by atoms with Crippen LogP contribution < -0.4 is 10.0 Å². The molecule has 2 heterocycles. The van der Waals surface area contributed by atoms with E-state index in [1.807, 2.05) is 0 Å². The van der Waals surface area contributed by atoms with Crippen LogP contribution in [0.1, 0.15) is 42.3 Å². The average molecular weight is 513 g/mol. The molecule has 1 aliphatic heterocycles. The number of carboxylic acid groups (broad SMARTS) is 1. The first-order valence-corrected chi connectivity index (χ1v) is 13.1. The smallest absolute Gasteiger partial charge is 0.335 e. The van der Waals surface area contributed by atoms with Crippen molar-refractivity contribution in [1.29, 1.82) is 0 Å². The number of aromatic nitrogens is 1. The van der Waals surface area contributed by atoms with Gasteiger partial charge in [0.15, 0.2) is 10.8 Å². The highest BCUT2D eigenvalue weighted by Crippen LogP contribution is 2.41. The van der Waals surface area contributed by atoms with Gasteiger partial charge in [-0.15, -0.1) is 11.3 Å². The summed E-state index contributed by atoms with van der Waals surface area (Å²) >= 11 is 7.55. The minimum Gasteiger partial charge on any atom is -0.478 e. The first-order valence-electron chi connectivity index (χ1n) is 10.3. The number of nitrogens with one attached hydrogen (secondary N) is 2. The van der Waals surface area contributed by atoms with E-state index in [0.717, 1.165) is 0 Å². The second-order valence-corrected chi connectivity index (χ2v) is 11.3. The highest BCUT2D eigenvalue weighted by molar-refractivity contribution is 7.90. The number of hydrogen-bond donors (Lipinski definition) is 3. The molecule has 0 amide bonds. The number of thiazole rings is 1. The van der Waals surface area contributed by atoms with Gasteiger partial charge in [-0.1, -0.05) is 23.7 Å². The Morgan fingerprint density at radius 2 is 2.03 bits per heavy atom. The van der Waals surface area contributed by atoms with Crippen LogP contribution in [0.4, 0.5) is 4.39 Å². The highest BCUT2D eigenvalue weighted by atomic mass is 35.5. The second kappa shape index (κ2) is 9.49. The number of nitrogens with zero attached hydrogens (tertiary/aromatic N) is 2. The van der Waals surface area contributed by atoms with Crippen LogP contribution in [0.3, 0.4) is 0 Å². The number of hydrogen-bond acceptors (Lipinski definition) is 7. The third-order valence-corrected chi connectivity index (χ3v) is 9.12. The molecule has 2 aliphatic rings. The normalized spacial score (nSPS) is 23.7. The number of carbonyl (C=O) groups is 1. The fourth-order valence-corrected chi connectivity index (χ4v) is 6.40. The number of aliphatic imine (C=N–C) groups is 1. The summed E-state index contributed by atoms with van der Waals surface area (Å²) in [6.45, 7) is 0. The van der Waals surface area contributed by atoms with E-state index in [2.05, 4.69) is 20.0 Å². The van der Waals surface area contributed by atoms with Gasteiger partial charge in [0.1, 0.15) is 11.9 Å². The molecule has 1 unspecified atom stereocenters. The summed E-state index contributed by atoms with van der Waals surface area (Å²) in [5.74, 6) is -1.72. The fourth-order valence-electron chi connectivity index (χ4n) is 4.36. The summed E-state index contributed by atoms with van der Waals surface area (Å²) < 4.78 is 41.0. The molecule has 0 saturated heterocycles. The molecule has 1 saturated carbocycles. The molecule has 12 heteroatoms. The standard InChI is InChI=1S/C21H22ClFN4O4S2/c1-24-33(30,31)12-7-5-11(6-8-12)17-15(21(28)29)18(13-3-2-4-14(23)16(13)22)27-19(26-17)20-25-9-10-32-20/h2-4,9-12,18,24H,5-8H2,1H3,(H,26,27)(H,28,29). The second-order valence-electron chi connectivity index (χ2n) is 7.84. The molecule has 0 radical (unpaired) electrons. The maximum Gasteiger partial charge on any atom is 0.335 e. The van der Waals surface area contributed by atoms with Gasteiger partial charge in [0.25, 0.3) is 0 Å². The van der Waals surface area contributed by atoms with Crippen molar-refractivity contribution < 1.29 is 22.7 Å². The Balaban J connectivity index is 1.78. The van der Waals surface area contributed by atoms with Crippen molar-refractivity contribution in [3.05, 3.63) is 62.5 Å². The fraction of sp³-hybridized carbons (Fsp3) is 0.381. The van der Waals surface area contributed by atoms with Gasteiger partial charge >= 0.3 is 5.97 Å². The van der Waals surface area contributed by atoms with Crippen molar-refractivity contribution in [3.8, 4) is 0 Å². The Labute approximate surface area is 199 Å². The van der Waals surface area contributed by atoms with Gasteiger partial charge in [-0.2, -0.15) is 0 Å². The topological polar surface area (TPSA) is 121 Å². The van der Waals surface area contributed by atoms with Crippen LogP contribution in [0.5, 0.6) is 0 Å². The van der Waals surface area contributed by atoms with Crippen molar-refractivity contribution in [3.63, 3.8) is 0 Å². The number of benzene rings is 1. The number of allylic oxidation sites excluding steroid dienone is 1. The summed E-state index contributed by atoms with van der Waals surface area (Å²) in [6, 6.07) is 3.18. The molecule has 1 fully saturated rings. The van der Waals surface area contributed by atoms with Crippen LogP contribution in [0.25, 0.3) is 0 Å². The van der Waals surface area contributed by atoms with Crippen LogP contribution in [0.15, 0.2) is 46.0 Å². The molecule has 1 aliphatic carbocycles. The van der Waals surface area contributed by atoms with Gasteiger partial charge in [0.05, 0.1) is 15.8 Å². The first kappa shape index (κ1) is 23.8. The van der Waals surface area contributed by atoms with Gasteiger partial charge in [-0.3, -0.25) is 4.99 Å². The zero-order chi connectivity index (χ0) is 23.8. The number of aliphatic carboxylic acids is 1. The Hall–Kier alpha value is -2.34. The predicted octanol–water partition coefficient (Wildman–Crippen LogP) is 3.47. The average Bonchev–Trinajstić information content (AvgIpc) is 3.35. The van der Waals surface area contributed by atoms with Crippen molar-refractivity contribution in [2.45, 2.75) is 37.0 Å². The zero-order valence-electron chi connectivity index (χ0n) is 17.6. The molecule has 1 atom stereocenters. The molecule has 176 valence electrons. The Morgan fingerprint density at radius 1 is 1.30 bits per heavy atom. The number of halogens is 2. The number of rotatable bonds is 6. The lowest BCUT2D eigenvalue weighted by atomic mass is 9.82. The molecule has 2 aromatic rings. The molecule has 0 spiro atoms. The van der Waals surface area contributed by atoms with Crippen molar-refractivity contribution in [1.82, 2.24) is 15.0 Å². The molecule has 8 nitrogen and oxygen atoms in total. The first-order chi connectivity index (χ1) is 15.7. The third kappa shape index (κ3) is 4.68. The van der Waals surface area contributed by atoms with Crippen LogP contribution in [0.2, 0.25) is 5.02 Å². The zero-order valence-corrected chi connectivity index (χ0v) is 20.0. The highest BCUT2D eigenvalue weighted by Gasteiger charge is 2.39. The van der Waals surface area contributed by atoms with E-state index in [1.165, 1.54) is 30.5 Å². The summed E-state index contributed by atoms with van der Waals surface area (Å²) in [4.78, 5) is 21.3. The summed E-state index contributed by atoms with van der Waals surface area (Å²) in [6.07, 6.45) is 3.33. The maximum atomic E-state index is 14.2. The van der Waals surface area contributed by atoms with Gasteiger partial charge in [-0.25, -0.2) is 27.3 Å². The minimum absolute atomic E-state index is 0.0253. The Bertz CT molecular complexity index is 1220. The van der Waals surface area contributed by atoms with Crippen LogP contribution >= 0.6 is 22.9 Å². The monoisotopic (exact) mass is 512 g/mol. The molecule has 33 heavy (non-hydrogen) atoms. The van der Waals surface area contributed by atoms with Crippen molar-refractivity contribution in [2.24, 2.45) is 10.9 Å². The summed E-state index contributed by atoms with van der Waals surface area (Å²) in [5, 5.41) is 14.9. The number of carboxylic acids is 1. The molecular formula is C21H22ClFN4O4S2. The lowest BCUT2D eigenvalue weighted by Crippen LogP contribution is -2.40. The summed E-state index contributed by atoms with van der Waals surface area (Å²) in [5.41, 5.74) is 0.657. The SMILES string of the molecule is CNS(=O)(=O)C1CCC(C2=C(C(=O)O)C(c3cccc(F)c3Cl)N=C(c3nccs3)N2)CC1. The van der Waals surface area contributed by atoms with E-state index in [-0.39, 0.29) is 22.1 Å². The van der Waals surface area contributed by atoms with Crippen LogP contribution in [-0.2, 0) is 14.8 Å². The van der Waals surface area contributed by atoms with Gasteiger partial charge in [0, 0.05) is 22.8 Å². The van der Waals surface area contributed by atoms with Gasteiger partial charge in [-0.05, 0) is 44.7 Å². The molecule has 1 aromatic carbocycles. The van der Waals surface area contributed by atoms with Gasteiger partial charge in [0.2, 0.25) is 10.0 Å². The van der Waals surface area contributed by atoms with Gasteiger partial charge < -0.3 is 10.4 Å². The maximum absolute atomic E-state index is 14.2. The van der Waals surface area contributed by atoms with Crippen LogP contribution in [-0.4, -0.2) is 42.6 Å². The van der Waals surface area contributed by atoms with E-state index in [9.17, 15) is 22.7 Å². The molecular weight excluding hydrogens is 491 g/mol. The largest absolute Gasteiger partial charge is 0.478 e. The third-order valence-electron chi connectivity index (χ3n) is 6.02. The van der Waals surface area contributed by atoms with Crippen molar-refractivity contribution in [2.75, 3.05) is 7.05 Å². The van der Waals surface area contributed by atoms with Crippen molar-refractivity contribution >= 4 is 44.8 Å². The lowest BCUT2D eigenvalue weighted by Gasteiger charge is -2.34.